The van der Waals surface area contributed by atoms with Gasteiger partial charge in [0.15, 0.2) is 0 Å². The number of benzene rings is 19. The minimum absolute atomic E-state index is 0.109. The summed E-state index contributed by atoms with van der Waals surface area (Å²) in [6.45, 7) is 19.0. The summed E-state index contributed by atoms with van der Waals surface area (Å²) in [6.07, 6.45) is 0. The summed E-state index contributed by atoms with van der Waals surface area (Å²) in [4.78, 5) is 0. The third kappa shape index (κ3) is 10.5. The van der Waals surface area contributed by atoms with Gasteiger partial charge in [-0.1, -0.05) is 334 Å². The van der Waals surface area contributed by atoms with Crippen LogP contribution in [0.4, 0.5) is 0 Å². The monoisotopic (exact) mass is 1580 g/mol. The Balaban J connectivity index is 0.592. The second-order valence-corrected chi connectivity index (χ2v) is 37.4. The van der Waals surface area contributed by atoms with Crippen molar-refractivity contribution in [1.29, 1.82) is 0 Å². The maximum absolute atomic E-state index is 2.49. The Morgan fingerprint density at radius 3 is 0.637 bits per heavy atom. The van der Waals surface area contributed by atoms with Gasteiger partial charge < -0.3 is 9.13 Å². The van der Waals surface area contributed by atoms with Crippen molar-refractivity contribution in [3.63, 3.8) is 0 Å². The van der Waals surface area contributed by atoms with E-state index in [4.69, 9.17) is 0 Å². The smallest absolute Gasteiger partial charge is 0.0541 e. The first kappa shape index (κ1) is 72.1. The van der Waals surface area contributed by atoms with Crippen LogP contribution in [0.15, 0.2) is 388 Å². The van der Waals surface area contributed by atoms with Crippen LogP contribution in [0.2, 0.25) is 0 Å². The van der Waals surface area contributed by atoms with Crippen LogP contribution in [-0.2, 0) is 21.7 Å². The molecule has 4 aliphatic rings. The molecule has 124 heavy (non-hydrogen) atoms. The number of aromatic nitrogens is 2. The van der Waals surface area contributed by atoms with Crippen LogP contribution in [0.25, 0.3) is 210 Å². The van der Waals surface area contributed by atoms with Gasteiger partial charge in [0.1, 0.15) is 0 Å². The predicted molar refractivity (Wildman–Crippen MR) is 524 cm³/mol. The summed E-state index contributed by atoms with van der Waals surface area (Å²) in [7, 11) is 0. The molecule has 0 N–H and O–H groups in total. The SMILES string of the molecule is CC1(C)c2ccccc2-c2ccc(-c3ccc4c(c3)c3cc(-c5ccc6c(c5)C(C)(C)c5ccccc5-6)ccc3n4-c3ccc(-c4ccc5c(-c6ccccc6)c6cc(-c7ccc(-n8c9ccc(-c%10ccc%11c(c%10)C(C)(C)c%10ccccc%10-%11)cc9c9cc(-c%10ccc%11c(c%10)C(C)(C)c%10ccccc%10-%11)ccc98)cc7)ccc6c(-c6ccccc6)c5c4)cc3)cc21. The van der Waals surface area contributed by atoms with E-state index in [2.05, 4.69) is 453 Å². The van der Waals surface area contributed by atoms with E-state index in [0.717, 1.165) is 33.6 Å². The number of hydrogen-bond donors (Lipinski definition) is 0. The molecule has 4 aliphatic carbocycles. The molecule has 0 amide bonds. The largest absolute Gasteiger partial charge is 0.309 e. The second kappa shape index (κ2) is 26.4. The fourth-order valence-electron chi connectivity index (χ4n) is 22.9. The van der Waals surface area contributed by atoms with Gasteiger partial charge in [-0.3, -0.25) is 0 Å². The summed E-state index contributed by atoms with van der Waals surface area (Å²) in [5.41, 5.74) is 47.6. The molecular weight excluding hydrogens is 1490 g/mol. The van der Waals surface area contributed by atoms with E-state index in [-0.39, 0.29) is 21.7 Å². The first-order valence-electron chi connectivity index (χ1n) is 44.0. The van der Waals surface area contributed by atoms with Crippen molar-refractivity contribution in [2.45, 2.75) is 77.0 Å². The van der Waals surface area contributed by atoms with E-state index in [9.17, 15) is 0 Å². The van der Waals surface area contributed by atoms with Crippen molar-refractivity contribution in [3.05, 3.63) is 433 Å². The number of nitrogens with zero attached hydrogens (tertiary/aromatic N) is 2. The summed E-state index contributed by atoms with van der Waals surface area (Å²) in [5.74, 6) is 0. The fourth-order valence-corrected chi connectivity index (χ4v) is 22.9. The van der Waals surface area contributed by atoms with Crippen LogP contribution in [0.3, 0.4) is 0 Å². The van der Waals surface area contributed by atoms with Crippen molar-refractivity contribution in [2.24, 2.45) is 0 Å². The van der Waals surface area contributed by atoms with Crippen LogP contribution in [-0.4, -0.2) is 9.13 Å². The van der Waals surface area contributed by atoms with Crippen molar-refractivity contribution in [3.8, 4) is 145 Å². The van der Waals surface area contributed by atoms with E-state index in [0.29, 0.717) is 0 Å². The summed E-state index contributed by atoms with van der Waals surface area (Å²) < 4.78 is 4.98. The molecule has 0 saturated carbocycles. The zero-order chi connectivity index (χ0) is 83.0. The van der Waals surface area contributed by atoms with Gasteiger partial charge in [-0.05, 0) is 309 Å². The first-order chi connectivity index (χ1) is 60.5. The van der Waals surface area contributed by atoms with Crippen LogP contribution in [0, 0.1) is 0 Å². The normalized spacial score (nSPS) is 14.4. The van der Waals surface area contributed by atoms with E-state index in [1.165, 1.54) is 221 Å². The number of fused-ring (bicyclic) bond motifs is 20. The molecule has 2 nitrogen and oxygen atoms in total. The Kier molecular flexibility index (Phi) is 15.4. The Morgan fingerprint density at radius 1 is 0.145 bits per heavy atom. The van der Waals surface area contributed by atoms with Gasteiger partial charge in [0.2, 0.25) is 0 Å². The molecule has 0 aliphatic heterocycles. The zero-order valence-electron chi connectivity index (χ0n) is 70.8. The van der Waals surface area contributed by atoms with Gasteiger partial charge >= 0.3 is 0 Å². The lowest BCUT2D eigenvalue weighted by Gasteiger charge is -2.22. The Hall–Kier alpha value is -14.7. The molecular formula is C122H88N2. The molecule has 25 rings (SSSR count). The molecule has 0 unspecified atom stereocenters. The lowest BCUT2D eigenvalue weighted by Crippen LogP contribution is -2.14. The summed E-state index contributed by atoms with van der Waals surface area (Å²) in [5, 5.41) is 9.78. The third-order valence-corrected chi connectivity index (χ3v) is 29.4. The van der Waals surface area contributed by atoms with E-state index in [1.807, 2.05) is 0 Å². The molecule has 21 aromatic rings. The maximum Gasteiger partial charge on any atom is 0.0541 e. The molecule has 2 heteroatoms. The van der Waals surface area contributed by atoms with Gasteiger partial charge in [0.05, 0.1) is 22.1 Å². The predicted octanol–water partition coefficient (Wildman–Crippen LogP) is 32.7. The Morgan fingerprint density at radius 2 is 0.355 bits per heavy atom. The highest BCUT2D eigenvalue weighted by Gasteiger charge is 2.40. The zero-order valence-corrected chi connectivity index (χ0v) is 70.8. The number of rotatable bonds is 10. The molecule has 586 valence electrons. The van der Waals surface area contributed by atoms with E-state index in [1.54, 1.807) is 0 Å². The highest BCUT2D eigenvalue weighted by Crippen LogP contribution is 2.56. The highest BCUT2D eigenvalue weighted by atomic mass is 15.0. The minimum atomic E-state index is -0.109. The summed E-state index contributed by atoms with van der Waals surface area (Å²) in [6, 6.07) is 148. The molecule has 0 saturated heterocycles. The van der Waals surface area contributed by atoms with Gasteiger partial charge in [-0.25, -0.2) is 0 Å². The highest BCUT2D eigenvalue weighted by molar-refractivity contribution is 6.23. The van der Waals surface area contributed by atoms with E-state index < -0.39 is 0 Å². The molecule has 2 aromatic heterocycles. The lowest BCUT2D eigenvalue weighted by atomic mass is 9.81. The van der Waals surface area contributed by atoms with Gasteiger partial charge in [0.25, 0.3) is 0 Å². The molecule has 0 atom stereocenters. The van der Waals surface area contributed by atoms with Crippen LogP contribution in [0.5, 0.6) is 0 Å². The standard InChI is InChI=1S/C122H88N2/c1-119(2)105-31-19-15-27-89(105)93-53-39-83(69-109(93)119)79-45-59-113-99(63-79)100-64-80(84-40-54-94-90-28-16-20-32-106(90)120(3,4)110(94)70-84)46-60-114(100)123(113)87-49-35-73(36-50-87)77-43-57-97-103(67-77)117(75-23-11-9-12-24-75)98-58-44-78(68-104(98)118(97)76-25-13-10-14-26-76)74-37-51-88(52-38-74)124-115-61-47-81(85-41-55-95-91-29-17-21-33-107(91)121(5,6)111(95)71-85)65-101(115)102-66-82(48-62-116(102)124)86-42-56-96-92-30-18-22-34-108(92)122(7,8)112(96)72-86/h9-72H,1-8H3. The average molecular weight is 1580 g/mol. The van der Waals surface area contributed by atoms with Gasteiger partial charge in [-0.15, -0.1) is 0 Å². The molecule has 0 bridgehead atoms. The quantitative estimate of drug-likeness (QED) is 0.121. The Labute approximate surface area is 724 Å². The molecule has 19 aromatic carbocycles. The van der Waals surface area contributed by atoms with Crippen LogP contribution in [0.1, 0.15) is 99.9 Å². The second-order valence-electron chi connectivity index (χ2n) is 37.4. The van der Waals surface area contributed by atoms with Crippen molar-refractivity contribution in [1.82, 2.24) is 9.13 Å². The molecule has 0 fully saturated rings. The number of hydrogen-bond acceptors (Lipinski definition) is 0. The van der Waals surface area contributed by atoms with Crippen LogP contribution >= 0.6 is 0 Å². The van der Waals surface area contributed by atoms with Gasteiger partial charge in [0, 0.05) is 54.6 Å². The average Bonchev–Trinajstić information content (AvgIpc) is 1.43. The van der Waals surface area contributed by atoms with Crippen LogP contribution < -0.4 is 0 Å². The Bertz CT molecular complexity index is 7360. The topological polar surface area (TPSA) is 9.86 Å². The maximum atomic E-state index is 2.49. The first-order valence-corrected chi connectivity index (χ1v) is 44.0. The minimum Gasteiger partial charge on any atom is -0.309 e. The molecule has 2 heterocycles. The summed E-state index contributed by atoms with van der Waals surface area (Å²) >= 11 is 0. The van der Waals surface area contributed by atoms with Crippen molar-refractivity contribution in [2.75, 3.05) is 0 Å². The van der Waals surface area contributed by atoms with Crippen molar-refractivity contribution >= 4 is 65.2 Å². The fraction of sp³-hybridized carbons (Fsp3) is 0.0984. The lowest BCUT2D eigenvalue weighted by molar-refractivity contribution is 0.660. The van der Waals surface area contributed by atoms with E-state index >= 15 is 0 Å². The molecule has 0 radical (unpaired) electrons. The van der Waals surface area contributed by atoms with Crippen molar-refractivity contribution < 1.29 is 0 Å². The molecule has 0 spiro atoms. The van der Waals surface area contributed by atoms with Gasteiger partial charge in [-0.2, -0.15) is 0 Å². The third-order valence-electron chi connectivity index (χ3n) is 29.4.